The van der Waals surface area contributed by atoms with Crippen LogP contribution < -0.4 is 4.72 Å². The third-order valence-corrected chi connectivity index (χ3v) is 6.13. The summed E-state index contributed by atoms with van der Waals surface area (Å²) in [6, 6.07) is 0.355. The second-order valence-electron chi connectivity index (χ2n) is 5.77. The SMILES string of the molecule is Cc1noc(C)c1S(=O)(=O)N[C@@H]1CCN2CCCC[C@@H]12. The zero-order chi connectivity index (χ0) is 14.3. The Morgan fingerprint density at radius 3 is 2.75 bits per heavy atom. The van der Waals surface area contributed by atoms with Crippen molar-refractivity contribution in [1.82, 2.24) is 14.8 Å². The number of piperidine rings is 1. The molecule has 1 aromatic heterocycles. The molecule has 0 saturated carbocycles. The zero-order valence-corrected chi connectivity index (χ0v) is 12.7. The fourth-order valence-electron chi connectivity index (χ4n) is 3.50. The second-order valence-corrected chi connectivity index (χ2v) is 7.42. The summed E-state index contributed by atoms with van der Waals surface area (Å²) in [5.41, 5.74) is 0.425. The lowest BCUT2D eigenvalue weighted by atomic mass is 10.00. The van der Waals surface area contributed by atoms with Crippen LogP contribution >= 0.6 is 0 Å². The van der Waals surface area contributed by atoms with Crippen molar-refractivity contribution < 1.29 is 12.9 Å². The van der Waals surface area contributed by atoms with Crippen molar-refractivity contribution in [1.29, 1.82) is 0 Å². The Hall–Kier alpha value is -0.920. The summed E-state index contributed by atoms with van der Waals surface area (Å²) < 4.78 is 32.9. The number of aromatic nitrogens is 1. The number of fused-ring (bicyclic) bond motifs is 1. The van der Waals surface area contributed by atoms with Crippen LogP contribution in [0.25, 0.3) is 0 Å². The van der Waals surface area contributed by atoms with E-state index in [4.69, 9.17) is 4.52 Å². The topological polar surface area (TPSA) is 75.4 Å². The molecule has 2 aliphatic rings. The van der Waals surface area contributed by atoms with Crippen molar-refractivity contribution >= 4 is 10.0 Å². The van der Waals surface area contributed by atoms with Gasteiger partial charge in [-0.25, -0.2) is 13.1 Å². The van der Waals surface area contributed by atoms with Gasteiger partial charge in [0.15, 0.2) is 5.76 Å². The summed E-state index contributed by atoms with van der Waals surface area (Å²) in [7, 11) is -3.55. The molecule has 0 aromatic carbocycles. The van der Waals surface area contributed by atoms with Gasteiger partial charge in [-0.15, -0.1) is 0 Å². The summed E-state index contributed by atoms with van der Waals surface area (Å²) in [6.07, 6.45) is 4.37. The van der Waals surface area contributed by atoms with Gasteiger partial charge in [-0.2, -0.15) is 0 Å². The van der Waals surface area contributed by atoms with Gasteiger partial charge in [0.1, 0.15) is 10.6 Å². The summed E-state index contributed by atoms with van der Waals surface area (Å²) in [6.45, 7) is 5.37. The minimum Gasteiger partial charge on any atom is -0.360 e. The molecule has 6 nitrogen and oxygen atoms in total. The van der Waals surface area contributed by atoms with Crippen LogP contribution in [0, 0.1) is 13.8 Å². The van der Waals surface area contributed by atoms with Crippen LogP contribution in [0.3, 0.4) is 0 Å². The van der Waals surface area contributed by atoms with Crippen molar-refractivity contribution in [2.24, 2.45) is 0 Å². The van der Waals surface area contributed by atoms with Crippen LogP contribution in [0.2, 0.25) is 0 Å². The van der Waals surface area contributed by atoms with Crippen molar-refractivity contribution in [3.05, 3.63) is 11.5 Å². The number of nitrogens with one attached hydrogen (secondary N) is 1. The van der Waals surface area contributed by atoms with Crippen LogP contribution in [0.15, 0.2) is 9.42 Å². The Morgan fingerprint density at radius 1 is 1.25 bits per heavy atom. The minimum atomic E-state index is -3.55. The van der Waals surface area contributed by atoms with E-state index in [0.29, 0.717) is 17.5 Å². The molecule has 3 heterocycles. The number of hydrogen-bond donors (Lipinski definition) is 1. The zero-order valence-electron chi connectivity index (χ0n) is 11.9. The first-order valence-electron chi connectivity index (χ1n) is 7.18. The molecule has 2 fully saturated rings. The molecule has 2 aliphatic heterocycles. The summed E-state index contributed by atoms with van der Waals surface area (Å²) in [5.74, 6) is 0.355. The maximum Gasteiger partial charge on any atom is 0.246 e. The second kappa shape index (κ2) is 5.13. The molecule has 3 rings (SSSR count). The van der Waals surface area contributed by atoms with Crippen LogP contribution in [0.5, 0.6) is 0 Å². The van der Waals surface area contributed by atoms with Crippen molar-refractivity contribution in [2.75, 3.05) is 13.1 Å². The quantitative estimate of drug-likeness (QED) is 0.907. The van der Waals surface area contributed by atoms with Gasteiger partial charge in [0.05, 0.1) is 0 Å². The molecule has 0 radical (unpaired) electrons. The maximum absolute atomic E-state index is 12.5. The van der Waals surface area contributed by atoms with Gasteiger partial charge in [0.2, 0.25) is 10.0 Å². The lowest BCUT2D eigenvalue weighted by Gasteiger charge is -2.32. The Labute approximate surface area is 119 Å². The van der Waals surface area contributed by atoms with E-state index in [1.807, 2.05) is 0 Å². The minimum absolute atomic E-state index is 0.00833. The standard InChI is InChI=1S/C13H21N3O3S/c1-9-13(10(2)19-14-9)20(17,18)15-11-6-8-16-7-4-3-5-12(11)16/h11-12,15H,3-8H2,1-2H3/t11-,12+/m1/s1. The molecule has 0 aliphatic carbocycles. The molecule has 1 aromatic rings. The fourth-order valence-corrected chi connectivity index (χ4v) is 5.13. The molecule has 2 atom stereocenters. The van der Waals surface area contributed by atoms with E-state index in [1.165, 1.54) is 12.8 Å². The van der Waals surface area contributed by atoms with E-state index in [2.05, 4.69) is 14.8 Å². The normalized spacial score (nSPS) is 27.7. The molecule has 0 spiro atoms. The van der Waals surface area contributed by atoms with Crippen molar-refractivity contribution in [3.63, 3.8) is 0 Å². The van der Waals surface area contributed by atoms with E-state index in [1.54, 1.807) is 13.8 Å². The monoisotopic (exact) mass is 299 g/mol. The summed E-state index contributed by atoms with van der Waals surface area (Å²) in [5, 5.41) is 3.73. The highest BCUT2D eigenvalue weighted by atomic mass is 32.2. The largest absolute Gasteiger partial charge is 0.360 e. The van der Waals surface area contributed by atoms with E-state index in [-0.39, 0.29) is 10.9 Å². The predicted molar refractivity (Wildman–Crippen MR) is 73.9 cm³/mol. The Balaban J connectivity index is 1.80. The van der Waals surface area contributed by atoms with Gasteiger partial charge in [-0.3, -0.25) is 4.90 Å². The molecule has 112 valence electrons. The van der Waals surface area contributed by atoms with Gasteiger partial charge < -0.3 is 4.52 Å². The molecular formula is C13H21N3O3S. The average molecular weight is 299 g/mol. The summed E-state index contributed by atoms with van der Waals surface area (Å²) >= 11 is 0. The number of rotatable bonds is 3. The molecule has 20 heavy (non-hydrogen) atoms. The Bertz CT molecular complexity index is 577. The van der Waals surface area contributed by atoms with E-state index < -0.39 is 10.0 Å². The van der Waals surface area contributed by atoms with E-state index in [0.717, 1.165) is 25.9 Å². The number of sulfonamides is 1. The Morgan fingerprint density at radius 2 is 2.05 bits per heavy atom. The molecule has 7 heteroatoms. The average Bonchev–Trinajstić information content (AvgIpc) is 2.94. The fraction of sp³-hybridized carbons (Fsp3) is 0.769. The maximum atomic E-state index is 12.5. The van der Waals surface area contributed by atoms with E-state index >= 15 is 0 Å². The Kier molecular flexibility index (Phi) is 3.60. The van der Waals surface area contributed by atoms with Crippen LogP contribution in [-0.2, 0) is 10.0 Å². The van der Waals surface area contributed by atoms with Gasteiger partial charge in [-0.1, -0.05) is 11.6 Å². The third-order valence-electron chi connectivity index (χ3n) is 4.40. The number of hydrogen-bond acceptors (Lipinski definition) is 5. The highest BCUT2D eigenvalue weighted by Crippen LogP contribution is 2.29. The first-order chi connectivity index (χ1) is 9.49. The highest BCUT2D eigenvalue weighted by molar-refractivity contribution is 7.89. The van der Waals surface area contributed by atoms with Crippen LogP contribution in [0.4, 0.5) is 0 Å². The molecule has 2 saturated heterocycles. The van der Waals surface area contributed by atoms with Gasteiger partial charge in [0.25, 0.3) is 0 Å². The van der Waals surface area contributed by atoms with Gasteiger partial charge in [-0.05, 0) is 39.7 Å². The van der Waals surface area contributed by atoms with Crippen LogP contribution in [-0.4, -0.2) is 43.6 Å². The number of aryl methyl sites for hydroxylation is 2. The molecule has 0 unspecified atom stereocenters. The van der Waals surface area contributed by atoms with Crippen molar-refractivity contribution in [3.8, 4) is 0 Å². The highest BCUT2D eigenvalue weighted by Gasteiger charge is 2.38. The lowest BCUT2D eigenvalue weighted by molar-refractivity contribution is 0.186. The summed E-state index contributed by atoms with van der Waals surface area (Å²) in [4.78, 5) is 2.61. The lowest BCUT2D eigenvalue weighted by Crippen LogP contribution is -2.46. The van der Waals surface area contributed by atoms with Gasteiger partial charge in [0, 0.05) is 18.6 Å². The van der Waals surface area contributed by atoms with Crippen LogP contribution in [0.1, 0.15) is 37.1 Å². The molecule has 1 N–H and O–H groups in total. The van der Waals surface area contributed by atoms with Crippen molar-refractivity contribution in [2.45, 2.75) is 56.5 Å². The number of nitrogens with zero attached hydrogens (tertiary/aromatic N) is 2. The molecule has 0 bridgehead atoms. The van der Waals surface area contributed by atoms with E-state index in [9.17, 15) is 8.42 Å². The molecule has 0 amide bonds. The smallest absolute Gasteiger partial charge is 0.246 e. The third kappa shape index (κ3) is 2.38. The predicted octanol–water partition coefficient (Wildman–Crippen LogP) is 1.20. The molecular weight excluding hydrogens is 278 g/mol. The first kappa shape index (κ1) is 14.0. The first-order valence-corrected chi connectivity index (χ1v) is 8.66. The van der Waals surface area contributed by atoms with Gasteiger partial charge >= 0.3 is 0 Å².